The van der Waals surface area contributed by atoms with Gasteiger partial charge in [0.15, 0.2) is 0 Å². The van der Waals surface area contributed by atoms with Gasteiger partial charge in [-0.1, -0.05) is 33.3 Å². The molecular weight excluding hydrogens is 292 g/mol. The van der Waals surface area contributed by atoms with Gasteiger partial charge in [0.1, 0.15) is 11.5 Å². The Hall–Kier alpha value is -1.97. The number of ether oxygens (including phenoxy) is 3. The Morgan fingerprint density at radius 3 is 2.09 bits per heavy atom. The standard InChI is InChI=1S/C19H28O4/c1-4-7-15-23-19(20)12-11-16-17(21-13-5-2)9-8-10-18(16)22-14-6-3/h8-12H,4-7,13-15H2,1-3H3. The van der Waals surface area contributed by atoms with Crippen LogP contribution in [0.2, 0.25) is 0 Å². The van der Waals surface area contributed by atoms with Gasteiger partial charge in [-0.15, -0.1) is 0 Å². The van der Waals surface area contributed by atoms with Crippen LogP contribution < -0.4 is 9.47 Å². The number of esters is 1. The molecule has 0 fully saturated rings. The molecule has 0 aliphatic heterocycles. The van der Waals surface area contributed by atoms with Crippen LogP contribution in [0.1, 0.15) is 52.0 Å². The zero-order chi connectivity index (χ0) is 16.9. The van der Waals surface area contributed by atoms with Crippen molar-refractivity contribution < 1.29 is 19.0 Å². The minimum Gasteiger partial charge on any atom is -0.493 e. The monoisotopic (exact) mass is 320 g/mol. The maximum Gasteiger partial charge on any atom is 0.330 e. The summed E-state index contributed by atoms with van der Waals surface area (Å²) in [6.07, 6.45) is 6.86. The van der Waals surface area contributed by atoms with Gasteiger partial charge in [0, 0.05) is 6.08 Å². The molecule has 0 bridgehead atoms. The molecule has 128 valence electrons. The first-order valence-corrected chi connectivity index (χ1v) is 8.46. The fraction of sp³-hybridized carbons (Fsp3) is 0.526. The van der Waals surface area contributed by atoms with Crippen molar-refractivity contribution in [3.8, 4) is 11.5 Å². The van der Waals surface area contributed by atoms with Crippen molar-refractivity contribution in [2.24, 2.45) is 0 Å². The van der Waals surface area contributed by atoms with Crippen LogP contribution in [0.3, 0.4) is 0 Å². The second-order valence-corrected chi connectivity index (χ2v) is 5.22. The number of benzene rings is 1. The molecule has 0 atom stereocenters. The zero-order valence-electron chi connectivity index (χ0n) is 14.5. The number of carbonyl (C=O) groups excluding carboxylic acids is 1. The van der Waals surface area contributed by atoms with E-state index in [1.807, 2.05) is 18.2 Å². The largest absolute Gasteiger partial charge is 0.493 e. The number of hydrogen-bond acceptors (Lipinski definition) is 4. The number of rotatable bonds is 11. The van der Waals surface area contributed by atoms with E-state index in [1.165, 1.54) is 6.08 Å². The molecule has 0 N–H and O–H groups in total. The van der Waals surface area contributed by atoms with Crippen molar-refractivity contribution >= 4 is 12.0 Å². The zero-order valence-corrected chi connectivity index (χ0v) is 14.5. The molecule has 0 unspecified atom stereocenters. The summed E-state index contributed by atoms with van der Waals surface area (Å²) in [5.41, 5.74) is 0.779. The van der Waals surface area contributed by atoms with Crippen LogP contribution >= 0.6 is 0 Å². The van der Waals surface area contributed by atoms with Crippen LogP contribution in [0, 0.1) is 0 Å². The summed E-state index contributed by atoms with van der Waals surface area (Å²) in [6, 6.07) is 5.67. The minimum absolute atomic E-state index is 0.342. The van der Waals surface area contributed by atoms with Gasteiger partial charge in [-0.3, -0.25) is 0 Å². The average molecular weight is 320 g/mol. The number of unbranched alkanes of at least 4 members (excludes halogenated alkanes) is 1. The van der Waals surface area contributed by atoms with Crippen LogP contribution in [0.4, 0.5) is 0 Å². The van der Waals surface area contributed by atoms with Crippen LogP contribution in [0.5, 0.6) is 11.5 Å². The molecule has 0 saturated heterocycles. The van der Waals surface area contributed by atoms with E-state index >= 15 is 0 Å². The minimum atomic E-state index is -0.342. The van der Waals surface area contributed by atoms with Crippen molar-refractivity contribution in [2.45, 2.75) is 46.5 Å². The van der Waals surface area contributed by atoms with Gasteiger partial charge in [-0.2, -0.15) is 0 Å². The van der Waals surface area contributed by atoms with Gasteiger partial charge in [0.25, 0.3) is 0 Å². The van der Waals surface area contributed by atoms with E-state index in [9.17, 15) is 4.79 Å². The van der Waals surface area contributed by atoms with Crippen molar-refractivity contribution in [2.75, 3.05) is 19.8 Å². The molecule has 0 radical (unpaired) electrons. The highest BCUT2D eigenvalue weighted by Gasteiger charge is 2.09. The molecule has 4 heteroatoms. The predicted octanol–water partition coefficient (Wildman–Crippen LogP) is 4.62. The molecule has 0 amide bonds. The van der Waals surface area contributed by atoms with Gasteiger partial charge >= 0.3 is 5.97 Å². The average Bonchev–Trinajstić information content (AvgIpc) is 2.57. The Morgan fingerprint density at radius 1 is 0.957 bits per heavy atom. The highest BCUT2D eigenvalue weighted by atomic mass is 16.5. The summed E-state index contributed by atoms with van der Waals surface area (Å²) >= 11 is 0. The lowest BCUT2D eigenvalue weighted by Crippen LogP contribution is -2.03. The Labute approximate surface area is 139 Å². The van der Waals surface area contributed by atoms with E-state index in [0.717, 1.165) is 42.7 Å². The molecule has 0 aliphatic carbocycles. The third-order valence-electron chi connectivity index (χ3n) is 3.08. The topological polar surface area (TPSA) is 44.8 Å². The first-order chi connectivity index (χ1) is 11.2. The molecule has 1 aromatic carbocycles. The van der Waals surface area contributed by atoms with E-state index in [2.05, 4.69) is 20.8 Å². The van der Waals surface area contributed by atoms with Crippen LogP contribution in [0.25, 0.3) is 6.08 Å². The molecule has 1 rings (SSSR count). The smallest absolute Gasteiger partial charge is 0.330 e. The molecule has 0 heterocycles. The summed E-state index contributed by atoms with van der Waals surface area (Å²) in [7, 11) is 0. The Kier molecular flexibility index (Phi) is 9.60. The van der Waals surface area contributed by atoms with Gasteiger partial charge in [0.2, 0.25) is 0 Å². The normalized spacial score (nSPS) is 10.7. The lowest BCUT2D eigenvalue weighted by molar-refractivity contribution is -0.137. The first-order valence-electron chi connectivity index (χ1n) is 8.46. The van der Waals surface area contributed by atoms with Gasteiger partial charge in [-0.05, 0) is 37.5 Å². The summed E-state index contributed by atoms with van der Waals surface area (Å²) in [5.74, 6) is 1.10. The lowest BCUT2D eigenvalue weighted by atomic mass is 10.1. The second kappa shape index (κ2) is 11.6. The van der Waals surface area contributed by atoms with Gasteiger partial charge in [-0.25, -0.2) is 4.79 Å². The fourth-order valence-corrected chi connectivity index (χ4v) is 1.88. The van der Waals surface area contributed by atoms with E-state index in [0.29, 0.717) is 19.8 Å². The molecule has 0 aliphatic rings. The highest BCUT2D eigenvalue weighted by molar-refractivity contribution is 5.88. The van der Waals surface area contributed by atoms with Crippen LogP contribution in [0.15, 0.2) is 24.3 Å². The van der Waals surface area contributed by atoms with E-state index in [4.69, 9.17) is 14.2 Å². The molecule has 0 saturated carbocycles. The third kappa shape index (κ3) is 7.22. The Balaban J connectivity index is 2.87. The second-order valence-electron chi connectivity index (χ2n) is 5.22. The van der Waals surface area contributed by atoms with E-state index in [-0.39, 0.29) is 5.97 Å². The van der Waals surface area contributed by atoms with Crippen molar-refractivity contribution in [1.29, 1.82) is 0 Å². The molecule has 0 aromatic heterocycles. The van der Waals surface area contributed by atoms with E-state index in [1.54, 1.807) is 6.08 Å². The Morgan fingerprint density at radius 2 is 1.57 bits per heavy atom. The molecule has 1 aromatic rings. The van der Waals surface area contributed by atoms with Crippen LogP contribution in [-0.4, -0.2) is 25.8 Å². The Bertz CT molecular complexity index is 468. The first kappa shape index (κ1) is 19.1. The van der Waals surface area contributed by atoms with E-state index < -0.39 is 0 Å². The fourth-order valence-electron chi connectivity index (χ4n) is 1.88. The third-order valence-corrected chi connectivity index (χ3v) is 3.08. The highest BCUT2D eigenvalue weighted by Crippen LogP contribution is 2.30. The maximum atomic E-state index is 11.8. The quantitative estimate of drug-likeness (QED) is 0.339. The molecule has 0 spiro atoms. The van der Waals surface area contributed by atoms with Crippen molar-refractivity contribution in [1.82, 2.24) is 0 Å². The van der Waals surface area contributed by atoms with Crippen molar-refractivity contribution in [3.63, 3.8) is 0 Å². The summed E-state index contributed by atoms with van der Waals surface area (Å²) in [5, 5.41) is 0. The van der Waals surface area contributed by atoms with Gasteiger partial charge < -0.3 is 14.2 Å². The van der Waals surface area contributed by atoms with Crippen molar-refractivity contribution in [3.05, 3.63) is 29.8 Å². The maximum absolute atomic E-state index is 11.8. The molecule has 23 heavy (non-hydrogen) atoms. The SMILES string of the molecule is CCCCOC(=O)C=Cc1c(OCCC)cccc1OCCC. The lowest BCUT2D eigenvalue weighted by Gasteiger charge is -2.13. The summed E-state index contributed by atoms with van der Waals surface area (Å²) < 4.78 is 16.6. The van der Waals surface area contributed by atoms with Gasteiger partial charge in [0.05, 0.1) is 25.4 Å². The summed E-state index contributed by atoms with van der Waals surface area (Å²) in [6.45, 7) is 7.86. The summed E-state index contributed by atoms with van der Waals surface area (Å²) in [4.78, 5) is 11.8. The molecular formula is C19H28O4. The number of hydrogen-bond donors (Lipinski definition) is 0. The van der Waals surface area contributed by atoms with Crippen LogP contribution in [-0.2, 0) is 9.53 Å². The molecule has 4 nitrogen and oxygen atoms in total. The predicted molar refractivity (Wildman–Crippen MR) is 92.9 cm³/mol. The number of carbonyl (C=O) groups is 1.